The Morgan fingerprint density at radius 1 is 0.781 bits per heavy atom. The maximum absolute atomic E-state index is 14.4. The molecule has 5 aromatic rings. The first-order chi connectivity index (χ1) is 15.6. The van der Waals surface area contributed by atoms with Crippen molar-refractivity contribution in [1.82, 2.24) is 15.0 Å². The molecule has 0 aliphatic rings. The SMILES string of the molecule is Fc1ccc(Nc2nc(-c3cccnc3)nc3ccc(-c4ccccc4F)cc23)cc1Cl. The van der Waals surface area contributed by atoms with Gasteiger partial charge in [0.2, 0.25) is 0 Å². The average Bonchev–Trinajstić information content (AvgIpc) is 2.82. The summed E-state index contributed by atoms with van der Waals surface area (Å²) in [6.07, 6.45) is 3.35. The van der Waals surface area contributed by atoms with Crippen LogP contribution in [0.25, 0.3) is 33.4 Å². The van der Waals surface area contributed by atoms with E-state index in [9.17, 15) is 8.78 Å². The molecule has 1 N–H and O–H groups in total. The normalized spacial score (nSPS) is 11.0. The molecule has 156 valence electrons. The molecule has 2 aromatic heterocycles. The van der Waals surface area contributed by atoms with Crippen molar-refractivity contribution in [2.45, 2.75) is 0 Å². The number of aromatic nitrogens is 3. The molecule has 0 atom stereocenters. The number of rotatable bonds is 4. The first kappa shape index (κ1) is 20.0. The van der Waals surface area contributed by atoms with Gasteiger partial charge in [-0.25, -0.2) is 18.7 Å². The van der Waals surface area contributed by atoms with Gasteiger partial charge in [-0.2, -0.15) is 0 Å². The van der Waals surface area contributed by atoms with Crippen molar-refractivity contribution in [3.8, 4) is 22.5 Å². The van der Waals surface area contributed by atoms with Crippen LogP contribution in [0.3, 0.4) is 0 Å². The van der Waals surface area contributed by atoms with Gasteiger partial charge in [0, 0.05) is 34.6 Å². The van der Waals surface area contributed by atoms with E-state index >= 15 is 0 Å². The number of fused-ring (bicyclic) bond motifs is 1. The predicted octanol–water partition coefficient (Wildman–Crippen LogP) is 7.03. The van der Waals surface area contributed by atoms with Crippen molar-refractivity contribution >= 4 is 34.0 Å². The van der Waals surface area contributed by atoms with E-state index in [1.54, 1.807) is 42.7 Å². The quantitative estimate of drug-likeness (QED) is 0.323. The molecule has 0 radical (unpaired) electrons. The highest BCUT2D eigenvalue weighted by Crippen LogP contribution is 2.32. The van der Waals surface area contributed by atoms with Crippen LogP contribution in [0.1, 0.15) is 0 Å². The summed E-state index contributed by atoms with van der Waals surface area (Å²) >= 11 is 5.95. The molecule has 0 unspecified atom stereocenters. The van der Waals surface area contributed by atoms with Gasteiger partial charge in [-0.3, -0.25) is 4.98 Å². The zero-order valence-corrected chi connectivity index (χ0v) is 17.3. The molecule has 0 spiro atoms. The molecular formula is C25H15ClF2N4. The maximum atomic E-state index is 14.4. The molecule has 0 fully saturated rings. The van der Waals surface area contributed by atoms with Gasteiger partial charge in [0.25, 0.3) is 0 Å². The predicted molar refractivity (Wildman–Crippen MR) is 123 cm³/mol. The first-order valence-corrected chi connectivity index (χ1v) is 10.2. The fourth-order valence-corrected chi connectivity index (χ4v) is 3.60. The topological polar surface area (TPSA) is 50.7 Å². The van der Waals surface area contributed by atoms with Gasteiger partial charge in [-0.05, 0) is 54.1 Å². The van der Waals surface area contributed by atoms with E-state index in [2.05, 4.69) is 20.3 Å². The van der Waals surface area contributed by atoms with Gasteiger partial charge in [0.1, 0.15) is 17.5 Å². The summed E-state index contributed by atoms with van der Waals surface area (Å²) in [5, 5.41) is 3.87. The molecule has 7 heteroatoms. The maximum Gasteiger partial charge on any atom is 0.163 e. The zero-order valence-electron chi connectivity index (χ0n) is 16.6. The number of halogens is 3. The highest BCUT2D eigenvalue weighted by molar-refractivity contribution is 6.31. The molecule has 0 aliphatic carbocycles. The van der Waals surface area contributed by atoms with E-state index in [0.29, 0.717) is 39.4 Å². The smallest absolute Gasteiger partial charge is 0.163 e. The van der Waals surface area contributed by atoms with Crippen LogP contribution in [0.4, 0.5) is 20.3 Å². The fraction of sp³-hybridized carbons (Fsp3) is 0. The molecule has 0 saturated carbocycles. The summed E-state index contributed by atoms with van der Waals surface area (Å²) in [5.74, 6) is 0.122. The average molecular weight is 445 g/mol. The largest absolute Gasteiger partial charge is 0.340 e. The Balaban J connectivity index is 1.70. The summed E-state index contributed by atoms with van der Waals surface area (Å²) in [7, 11) is 0. The minimum absolute atomic E-state index is 0.00658. The first-order valence-electron chi connectivity index (χ1n) is 9.78. The van der Waals surface area contributed by atoms with Crippen LogP contribution in [0.2, 0.25) is 5.02 Å². The molecular weight excluding hydrogens is 430 g/mol. The molecule has 0 saturated heterocycles. The molecule has 2 heterocycles. The van der Waals surface area contributed by atoms with Crippen LogP contribution >= 0.6 is 11.6 Å². The number of hydrogen-bond donors (Lipinski definition) is 1. The molecule has 3 aromatic carbocycles. The third-order valence-electron chi connectivity index (χ3n) is 4.98. The Hall–Kier alpha value is -3.90. The number of pyridine rings is 1. The molecule has 0 amide bonds. The Morgan fingerprint density at radius 3 is 2.44 bits per heavy atom. The van der Waals surface area contributed by atoms with Gasteiger partial charge < -0.3 is 5.32 Å². The number of hydrogen-bond acceptors (Lipinski definition) is 4. The zero-order chi connectivity index (χ0) is 22.1. The monoisotopic (exact) mass is 444 g/mol. The fourth-order valence-electron chi connectivity index (χ4n) is 3.42. The molecule has 0 bridgehead atoms. The van der Waals surface area contributed by atoms with E-state index in [0.717, 1.165) is 5.56 Å². The molecule has 5 rings (SSSR count). The van der Waals surface area contributed by atoms with Crippen LogP contribution in [-0.2, 0) is 0 Å². The second kappa shape index (κ2) is 8.32. The lowest BCUT2D eigenvalue weighted by Gasteiger charge is -2.13. The second-order valence-electron chi connectivity index (χ2n) is 7.10. The molecule has 4 nitrogen and oxygen atoms in total. The van der Waals surface area contributed by atoms with E-state index in [-0.39, 0.29) is 10.8 Å². The number of nitrogens with zero attached hydrogens (tertiary/aromatic N) is 3. The van der Waals surface area contributed by atoms with Gasteiger partial charge in [0.05, 0.1) is 10.5 Å². The number of nitrogens with one attached hydrogen (secondary N) is 1. The molecule has 0 aliphatic heterocycles. The summed E-state index contributed by atoms with van der Waals surface area (Å²) in [6.45, 7) is 0. The Kier molecular flexibility index (Phi) is 5.21. The third-order valence-corrected chi connectivity index (χ3v) is 5.27. The lowest BCUT2D eigenvalue weighted by atomic mass is 10.0. The van der Waals surface area contributed by atoms with Gasteiger partial charge in [-0.1, -0.05) is 35.9 Å². The van der Waals surface area contributed by atoms with Gasteiger partial charge in [-0.15, -0.1) is 0 Å². The van der Waals surface area contributed by atoms with Crippen molar-refractivity contribution in [3.05, 3.63) is 102 Å². The van der Waals surface area contributed by atoms with E-state index < -0.39 is 5.82 Å². The van der Waals surface area contributed by atoms with Crippen molar-refractivity contribution in [3.63, 3.8) is 0 Å². The minimum Gasteiger partial charge on any atom is -0.340 e. The van der Waals surface area contributed by atoms with Crippen LogP contribution in [-0.4, -0.2) is 15.0 Å². The highest BCUT2D eigenvalue weighted by atomic mass is 35.5. The standard InChI is InChI=1S/C25H15ClF2N4/c26-20-13-17(8-9-22(20)28)30-25-19-12-15(18-5-1-2-6-21(18)27)7-10-23(19)31-24(32-25)16-4-3-11-29-14-16/h1-14H,(H,30,31,32). The Bertz CT molecular complexity index is 1440. The second-order valence-corrected chi connectivity index (χ2v) is 7.51. The highest BCUT2D eigenvalue weighted by Gasteiger charge is 2.13. The lowest BCUT2D eigenvalue weighted by Crippen LogP contribution is -2.00. The molecule has 32 heavy (non-hydrogen) atoms. The van der Waals surface area contributed by atoms with E-state index in [4.69, 9.17) is 11.6 Å². The Labute approximate surface area is 187 Å². The van der Waals surface area contributed by atoms with Gasteiger partial charge in [0.15, 0.2) is 5.82 Å². The Morgan fingerprint density at radius 2 is 1.66 bits per heavy atom. The van der Waals surface area contributed by atoms with E-state index in [1.165, 1.54) is 18.2 Å². The number of benzene rings is 3. The van der Waals surface area contributed by atoms with Crippen LogP contribution in [0, 0.1) is 11.6 Å². The van der Waals surface area contributed by atoms with Crippen molar-refractivity contribution in [2.75, 3.05) is 5.32 Å². The van der Waals surface area contributed by atoms with E-state index in [1.807, 2.05) is 24.3 Å². The summed E-state index contributed by atoms with van der Waals surface area (Å²) in [5.41, 5.74) is 3.13. The summed E-state index contributed by atoms with van der Waals surface area (Å²) < 4.78 is 28.0. The van der Waals surface area contributed by atoms with Gasteiger partial charge >= 0.3 is 0 Å². The van der Waals surface area contributed by atoms with Crippen molar-refractivity contribution < 1.29 is 8.78 Å². The summed E-state index contributed by atoms with van der Waals surface area (Å²) in [4.78, 5) is 13.5. The van der Waals surface area contributed by atoms with Crippen LogP contribution in [0.5, 0.6) is 0 Å². The third kappa shape index (κ3) is 3.88. The van der Waals surface area contributed by atoms with Crippen LogP contribution < -0.4 is 5.32 Å². The van der Waals surface area contributed by atoms with Crippen molar-refractivity contribution in [2.24, 2.45) is 0 Å². The summed E-state index contributed by atoms with van der Waals surface area (Å²) in [6, 6.07) is 20.0. The lowest BCUT2D eigenvalue weighted by molar-refractivity contribution is 0.628. The number of anilines is 2. The minimum atomic E-state index is -0.511. The van der Waals surface area contributed by atoms with Crippen LogP contribution in [0.15, 0.2) is 85.2 Å². The van der Waals surface area contributed by atoms with Crippen molar-refractivity contribution in [1.29, 1.82) is 0 Å².